The number of sulfone groups is 1. The summed E-state index contributed by atoms with van der Waals surface area (Å²) in [5, 5.41) is 2.04. The van der Waals surface area contributed by atoms with Crippen molar-refractivity contribution in [1.29, 1.82) is 0 Å². The lowest BCUT2D eigenvalue weighted by molar-refractivity contribution is 0.176. The van der Waals surface area contributed by atoms with E-state index in [1.165, 1.54) is 4.88 Å². The first-order valence-electron chi connectivity index (χ1n) is 7.33. The van der Waals surface area contributed by atoms with Gasteiger partial charge in [0.2, 0.25) is 5.89 Å². The molecule has 0 amide bonds. The number of hydrogen-bond acceptors (Lipinski definition) is 6. The molecule has 120 valence electrons. The SMILES string of the molecule is Cc1nc(CN(Cc2cccs2)C2CCS(=O)(=O)C2)oc1C. The Morgan fingerprint density at radius 2 is 2.23 bits per heavy atom. The molecule has 1 aliphatic rings. The molecule has 22 heavy (non-hydrogen) atoms. The highest BCUT2D eigenvalue weighted by atomic mass is 32.2. The summed E-state index contributed by atoms with van der Waals surface area (Å²) in [4.78, 5) is 7.84. The Bertz CT molecular complexity index is 715. The van der Waals surface area contributed by atoms with Gasteiger partial charge >= 0.3 is 0 Å². The van der Waals surface area contributed by atoms with Gasteiger partial charge in [0.15, 0.2) is 9.84 Å². The van der Waals surface area contributed by atoms with Crippen LogP contribution in [0.25, 0.3) is 0 Å². The largest absolute Gasteiger partial charge is 0.444 e. The van der Waals surface area contributed by atoms with Gasteiger partial charge in [-0.25, -0.2) is 13.4 Å². The summed E-state index contributed by atoms with van der Waals surface area (Å²) in [5.41, 5.74) is 0.894. The number of aryl methyl sites for hydroxylation is 2. The Morgan fingerprint density at radius 1 is 1.41 bits per heavy atom. The zero-order valence-corrected chi connectivity index (χ0v) is 14.4. The topological polar surface area (TPSA) is 63.4 Å². The van der Waals surface area contributed by atoms with Crippen molar-refractivity contribution >= 4 is 21.2 Å². The summed E-state index contributed by atoms with van der Waals surface area (Å²) >= 11 is 1.69. The average molecular weight is 340 g/mol. The van der Waals surface area contributed by atoms with E-state index in [1.807, 2.05) is 25.3 Å². The van der Waals surface area contributed by atoms with E-state index in [2.05, 4.69) is 16.0 Å². The van der Waals surface area contributed by atoms with E-state index >= 15 is 0 Å². The van der Waals surface area contributed by atoms with E-state index in [9.17, 15) is 8.42 Å². The molecule has 1 unspecified atom stereocenters. The molecule has 1 saturated heterocycles. The zero-order chi connectivity index (χ0) is 15.7. The molecule has 0 aromatic carbocycles. The van der Waals surface area contributed by atoms with Gasteiger partial charge in [-0.15, -0.1) is 11.3 Å². The molecular weight excluding hydrogens is 320 g/mol. The highest BCUT2D eigenvalue weighted by molar-refractivity contribution is 7.91. The van der Waals surface area contributed by atoms with Gasteiger partial charge in [0.25, 0.3) is 0 Å². The van der Waals surface area contributed by atoms with Crippen molar-refractivity contribution in [1.82, 2.24) is 9.88 Å². The summed E-state index contributed by atoms with van der Waals surface area (Å²) in [6.45, 7) is 5.10. The maximum atomic E-state index is 11.8. The van der Waals surface area contributed by atoms with Crippen molar-refractivity contribution in [3.8, 4) is 0 Å². The van der Waals surface area contributed by atoms with Crippen LogP contribution in [-0.4, -0.2) is 35.8 Å². The second-order valence-corrected chi connectivity index (χ2v) is 9.05. The molecule has 1 aliphatic heterocycles. The van der Waals surface area contributed by atoms with Crippen LogP contribution in [0, 0.1) is 13.8 Å². The fourth-order valence-corrected chi connectivity index (χ4v) is 5.25. The molecular formula is C15H20N2O3S2. The number of aromatic nitrogens is 1. The maximum Gasteiger partial charge on any atom is 0.208 e. The molecule has 7 heteroatoms. The molecule has 1 atom stereocenters. The van der Waals surface area contributed by atoms with Crippen LogP contribution >= 0.6 is 11.3 Å². The lowest BCUT2D eigenvalue weighted by atomic mass is 10.2. The summed E-state index contributed by atoms with van der Waals surface area (Å²) in [6.07, 6.45) is 0.687. The molecule has 2 aromatic rings. The van der Waals surface area contributed by atoms with E-state index in [0.717, 1.165) is 18.0 Å². The summed E-state index contributed by atoms with van der Waals surface area (Å²) in [7, 11) is -2.90. The zero-order valence-electron chi connectivity index (χ0n) is 12.8. The number of thiophene rings is 1. The molecule has 5 nitrogen and oxygen atoms in total. The van der Waals surface area contributed by atoms with E-state index in [0.29, 0.717) is 18.9 Å². The Labute approximate surface area is 134 Å². The van der Waals surface area contributed by atoms with Crippen molar-refractivity contribution in [2.75, 3.05) is 11.5 Å². The van der Waals surface area contributed by atoms with Crippen LogP contribution in [0.5, 0.6) is 0 Å². The minimum Gasteiger partial charge on any atom is -0.444 e. The number of oxazole rings is 1. The van der Waals surface area contributed by atoms with Crippen LogP contribution < -0.4 is 0 Å². The van der Waals surface area contributed by atoms with Crippen LogP contribution in [0.3, 0.4) is 0 Å². The average Bonchev–Trinajstić information content (AvgIpc) is 3.12. The van der Waals surface area contributed by atoms with Crippen LogP contribution in [0.2, 0.25) is 0 Å². The molecule has 0 N–H and O–H groups in total. The molecule has 2 aromatic heterocycles. The predicted molar refractivity (Wildman–Crippen MR) is 86.6 cm³/mol. The highest BCUT2D eigenvalue weighted by Gasteiger charge is 2.33. The van der Waals surface area contributed by atoms with Crippen LogP contribution in [0.4, 0.5) is 0 Å². The normalized spacial score (nSPS) is 20.8. The third-order valence-electron chi connectivity index (χ3n) is 4.07. The van der Waals surface area contributed by atoms with E-state index in [-0.39, 0.29) is 17.5 Å². The fraction of sp³-hybridized carbons (Fsp3) is 0.533. The monoisotopic (exact) mass is 340 g/mol. The summed E-state index contributed by atoms with van der Waals surface area (Å²) in [6, 6.07) is 4.13. The molecule has 0 bridgehead atoms. The van der Waals surface area contributed by atoms with Crippen molar-refractivity contribution in [2.24, 2.45) is 0 Å². The van der Waals surface area contributed by atoms with Gasteiger partial charge in [-0.3, -0.25) is 4.90 Å². The minimum absolute atomic E-state index is 0.0413. The standard InChI is InChI=1S/C15H20N2O3S2/c1-11-12(2)20-15(16-11)9-17(8-14-4-3-6-21-14)13-5-7-22(18,19)10-13/h3-4,6,13H,5,7-10H2,1-2H3. The second-order valence-electron chi connectivity index (χ2n) is 5.79. The maximum absolute atomic E-state index is 11.8. The number of hydrogen-bond donors (Lipinski definition) is 0. The van der Waals surface area contributed by atoms with Gasteiger partial charge in [-0.05, 0) is 31.7 Å². The first-order valence-corrected chi connectivity index (χ1v) is 10.0. The quantitative estimate of drug-likeness (QED) is 0.837. The Balaban J connectivity index is 1.79. The van der Waals surface area contributed by atoms with E-state index < -0.39 is 9.84 Å². The minimum atomic E-state index is -2.90. The van der Waals surface area contributed by atoms with Crippen molar-refractivity contribution in [3.63, 3.8) is 0 Å². The Kier molecular flexibility index (Phi) is 4.38. The van der Waals surface area contributed by atoms with Crippen molar-refractivity contribution in [2.45, 2.75) is 39.4 Å². The third-order valence-corrected chi connectivity index (χ3v) is 6.69. The lowest BCUT2D eigenvalue weighted by Crippen LogP contribution is -2.35. The van der Waals surface area contributed by atoms with Gasteiger partial charge in [0, 0.05) is 17.5 Å². The van der Waals surface area contributed by atoms with Gasteiger partial charge < -0.3 is 4.42 Å². The molecule has 0 aliphatic carbocycles. The second kappa shape index (κ2) is 6.14. The van der Waals surface area contributed by atoms with Gasteiger partial charge in [0.05, 0.1) is 23.7 Å². The molecule has 0 saturated carbocycles. The highest BCUT2D eigenvalue weighted by Crippen LogP contribution is 2.24. The Hall–Kier alpha value is -1.18. The molecule has 1 fully saturated rings. The molecule has 0 spiro atoms. The van der Waals surface area contributed by atoms with Crippen LogP contribution in [0.1, 0.15) is 28.6 Å². The van der Waals surface area contributed by atoms with Crippen LogP contribution in [0.15, 0.2) is 21.9 Å². The predicted octanol–water partition coefficient (Wildman–Crippen LogP) is 2.54. The van der Waals surface area contributed by atoms with Gasteiger partial charge in [-0.2, -0.15) is 0 Å². The third kappa shape index (κ3) is 3.59. The lowest BCUT2D eigenvalue weighted by Gasteiger charge is -2.26. The number of rotatable bonds is 5. The first kappa shape index (κ1) is 15.7. The number of nitrogens with zero attached hydrogens (tertiary/aromatic N) is 2. The first-order chi connectivity index (χ1) is 10.4. The molecule has 3 rings (SSSR count). The summed E-state index contributed by atoms with van der Waals surface area (Å²) < 4.78 is 29.3. The van der Waals surface area contributed by atoms with Gasteiger partial charge in [-0.1, -0.05) is 6.07 Å². The smallest absolute Gasteiger partial charge is 0.208 e. The fourth-order valence-electron chi connectivity index (χ4n) is 2.76. The van der Waals surface area contributed by atoms with Gasteiger partial charge in [0.1, 0.15) is 5.76 Å². The van der Waals surface area contributed by atoms with E-state index in [1.54, 1.807) is 11.3 Å². The Morgan fingerprint density at radius 3 is 2.77 bits per heavy atom. The molecule has 0 radical (unpaired) electrons. The van der Waals surface area contributed by atoms with Crippen molar-refractivity contribution in [3.05, 3.63) is 39.7 Å². The van der Waals surface area contributed by atoms with Crippen LogP contribution in [-0.2, 0) is 22.9 Å². The van der Waals surface area contributed by atoms with E-state index in [4.69, 9.17) is 4.42 Å². The summed E-state index contributed by atoms with van der Waals surface area (Å²) in [5.74, 6) is 2.00. The molecule has 3 heterocycles. The van der Waals surface area contributed by atoms with Crippen molar-refractivity contribution < 1.29 is 12.8 Å².